The van der Waals surface area contributed by atoms with Gasteiger partial charge in [-0.15, -0.1) is 0 Å². The van der Waals surface area contributed by atoms with Gasteiger partial charge >= 0.3 is 0 Å². The third-order valence-electron chi connectivity index (χ3n) is 5.95. The summed E-state index contributed by atoms with van der Waals surface area (Å²) in [5.41, 5.74) is 3.75. The van der Waals surface area contributed by atoms with Crippen molar-refractivity contribution in [1.82, 2.24) is 0 Å². The summed E-state index contributed by atoms with van der Waals surface area (Å²) in [7, 11) is 7.99. The van der Waals surface area contributed by atoms with Gasteiger partial charge in [-0.3, -0.25) is 0 Å². The molecule has 4 aromatic rings. The van der Waals surface area contributed by atoms with Crippen molar-refractivity contribution in [3.05, 3.63) is 87.9 Å². The number of ether oxygens (including phenoxy) is 6. The van der Waals surface area contributed by atoms with Crippen LogP contribution in [-0.4, -0.2) is 42.3 Å². The Labute approximate surface area is 225 Å². The first-order chi connectivity index (χ1) is 18.0. The summed E-state index contributed by atoms with van der Waals surface area (Å²) >= 11 is 3.77. The van der Waals surface area contributed by atoms with Gasteiger partial charge in [-0.2, -0.15) is 0 Å². The van der Waals surface area contributed by atoms with Crippen molar-refractivity contribution in [2.75, 3.05) is 42.3 Å². The number of hydrogen-bond acceptors (Lipinski definition) is 6. The topological polar surface area (TPSA) is 55.4 Å². The fraction of sp³-hybridized carbons (Fsp3) is 0.200. The summed E-state index contributed by atoms with van der Waals surface area (Å²) in [6, 6.07) is 22.4. The fourth-order valence-electron chi connectivity index (χ4n) is 4.18. The average molecular weight is 565 g/mol. The molecule has 0 aliphatic rings. The van der Waals surface area contributed by atoms with Crippen molar-refractivity contribution in [2.24, 2.45) is 0 Å². The maximum absolute atomic E-state index is 5.75. The predicted molar refractivity (Wildman–Crippen MR) is 150 cm³/mol. The average Bonchev–Trinajstić information content (AvgIpc) is 2.94. The number of halogens is 1. The molecule has 4 aromatic carbocycles. The second-order valence-corrected chi connectivity index (χ2v) is 8.88. The Kier molecular flexibility index (Phi) is 8.58. The second-order valence-electron chi connectivity index (χ2n) is 8.09. The van der Waals surface area contributed by atoms with E-state index < -0.39 is 0 Å². The van der Waals surface area contributed by atoms with Gasteiger partial charge in [0.25, 0.3) is 0 Å². The molecule has 0 saturated carbocycles. The van der Waals surface area contributed by atoms with Crippen LogP contribution in [-0.2, 0) is 4.74 Å². The van der Waals surface area contributed by atoms with E-state index in [0.29, 0.717) is 28.7 Å². The second kappa shape index (κ2) is 12.0. The van der Waals surface area contributed by atoms with Gasteiger partial charge in [-0.1, -0.05) is 42.5 Å². The smallest absolute Gasteiger partial charge is 0.204 e. The van der Waals surface area contributed by atoms with E-state index in [-0.39, 0.29) is 6.79 Å². The first kappa shape index (κ1) is 26.4. The molecule has 0 aliphatic heterocycles. The Bertz CT molecular complexity index is 1430. The number of hydrogen-bond donors (Lipinski definition) is 0. The highest BCUT2D eigenvalue weighted by Crippen LogP contribution is 2.48. The molecule has 0 unspecified atom stereocenters. The Hall–Kier alpha value is -3.68. The van der Waals surface area contributed by atoms with Crippen molar-refractivity contribution in [3.8, 4) is 28.7 Å². The lowest BCUT2D eigenvalue weighted by molar-refractivity contribution is 0.0491. The van der Waals surface area contributed by atoms with Crippen molar-refractivity contribution in [3.63, 3.8) is 0 Å². The Balaban J connectivity index is 1.98. The van der Waals surface area contributed by atoms with E-state index in [2.05, 4.69) is 52.3 Å². The molecule has 192 valence electrons. The summed E-state index contributed by atoms with van der Waals surface area (Å²) < 4.78 is 34.0. The van der Waals surface area contributed by atoms with Gasteiger partial charge in [-0.25, -0.2) is 0 Å². The molecular formula is C30H29BrO6. The highest BCUT2D eigenvalue weighted by atomic mass is 79.9. The minimum absolute atomic E-state index is 0.111. The molecule has 0 bridgehead atoms. The summed E-state index contributed by atoms with van der Waals surface area (Å²) in [6.45, 7) is 0.111. The zero-order chi connectivity index (χ0) is 26.4. The third-order valence-corrected chi connectivity index (χ3v) is 6.74. The molecule has 4 rings (SSSR count). The van der Waals surface area contributed by atoms with Gasteiger partial charge in [0.2, 0.25) is 5.75 Å². The van der Waals surface area contributed by atoms with Gasteiger partial charge in [0.05, 0.1) is 32.9 Å². The molecule has 0 heterocycles. The molecule has 37 heavy (non-hydrogen) atoms. The van der Waals surface area contributed by atoms with Crippen LogP contribution in [0.4, 0.5) is 0 Å². The predicted octanol–water partition coefficient (Wildman–Crippen LogP) is 7.21. The normalized spacial score (nSPS) is 11.4. The lowest BCUT2D eigenvalue weighted by Crippen LogP contribution is -2.01. The minimum atomic E-state index is 0.111. The van der Waals surface area contributed by atoms with Crippen molar-refractivity contribution >= 4 is 38.4 Å². The molecule has 0 amide bonds. The monoisotopic (exact) mass is 564 g/mol. The highest BCUT2D eigenvalue weighted by molar-refractivity contribution is 9.10. The Morgan fingerprint density at radius 1 is 0.703 bits per heavy atom. The zero-order valence-corrected chi connectivity index (χ0v) is 23.0. The van der Waals surface area contributed by atoms with Gasteiger partial charge in [0.15, 0.2) is 29.8 Å². The fourth-order valence-corrected chi connectivity index (χ4v) is 4.85. The molecule has 6 nitrogen and oxygen atoms in total. The van der Waals surface area contributed by atoms with Gasteiger partial charge in [0, 0.05) is 12.7 Å². The molecule has 0 aliphatic carbocycles. The van der Waals surface area contributed by atoms with Crippen LogP contribution in [0.2, 0.25) is 0 Å². The summed E-state index contributed by atoms with van der Waals surface area (Å²) in [5.74, 6) is 2.82. The number of methoxy groups -OCH3 is 5. The first-order valence-corrected chi connectivity index (χ1v) is 12.3. The van der Waals surface area contributed by atoms with Crippen LogP contribution < -0.4 is 23.7 Å². The summed E-state index contributed by atoms with van der Waals surface area (Å²) in [5, 5.41) is 2.29. The number of benzene rings is 4. The van der Waals surface area contributed by atoms with Crippen molar-refractivity contribution < 1.29 is 28.4 Å². The Morgan fingerprint density at radius 3 is 2.11 bits per heavy atom. The SMILES string of the molecule is COCOc1cc(/C=C(/c2ccc3ccccc3c2)c2cc(OC)c(OC)c(OC)c2Br)ccc1OC. The summed E-state index contributed by atoms with van der Waals surface area (Å²) in [4.78, 5) is 0. The molecule has 0 atom stereocenters. The van der Waals surface area contributed by atoms with E-state index in [1.807, 2.05) is 36.4 Å². The molecule has 0 aromatic heterocycles. The van der Waals surface area contributed by atoms with E-state index in [4.69, 9.17) is 28.4 Å². The van der Waals surface area contributed by atoms with Gasteiger partial charge in [-0.05, 0) is 73.7 Å². The molecule has 0 saturated heterocycles. The van der Waals surface area contributed by atoms with Crippen LogP contribution in [0.1, 0.15) is 16.7 Å². The molecule has 0 radical (unpaired) electrons. The van der Waals surface area contributed by atoms with Crippen LogP contribution in [0.25, 0.3) is 22.4 Å². The summed E-state index contributed by atoms with van der Waals surface area (Å²) in [6.07, 6.45) is 2.09. The van der Waals surface area contributed by atoms with E-state index in [9.17, 15) is 0 Å². The van der Waals surface area contributed by atoms with Crippen LogP contribution in [0, 0.1) is 0 Å². The van der Waals surface area contributed by atoms with E-state index in [1.54, 1.807) is 35.5 Å². The maximum atomic E-state index is 5.75. The number of rotatable bonds is 10. The number of fused-ring (bicyclic) bond motifs is 1. The molecular weight excluding hydrogens is 536 g/mol. The molecule has 7 heteroatoms. The molecule has 0 spiro atoms. The Morgan fingerprint density at radius 2 is 1.43 bits per heavy atom. The lowest BCUT2D eigenvalue weighted by atomic mass is 9.93. The van der Waals surface area contributed by atoms with Crippen LogP contribution in [0.5, 0.6) is 28.7 Å². The highest BCUT2D eigenvalue weighted by Gasteiger charge is 2.22. The lowest BCUT2D eigenvalue weighted by Gasteiger charge is -2.19. The maximum Gasteiger partial charge on any atom is 0.204 e. The molecule has 0 N–H and O–H groups in total. The van der Waals surface area contributed by atoms with Crippen LogP contribution in [0.3, 0.4) is 0 Å². The van der Waals surface area contributed by atoms with Crippen molar-refractivity contribution in [2.45, 2.75) is 0 Å². The van der Waals surface area contributed by atoms with Crippen LogP contribution in [0.15, 0.2) is 71.2 Å². The minimum Gasteiger partial charge on any atom is -0.493 e. The van der Waals surface area contributed by atoms with E-state index in [0.717, 1.165) is 37.5 Å². The largest absolute Gasteiger partial charge is 0.493 e. The van der Waals surface area contributed by atoms with Crippen LogP contribution >= 0.6 is 15.9 Å². The van der Waals surface area contributed by atoms with E-state index in [1.165, 1.54) is 0 Å². The molecule has 0 fully saturated rings. The zero-order valence-electron chi connectivity index (χ0n) is 21.5. The standard InChI is InChI=1S/C30H29BrO6/c1-32-18-37-26-15-19(10-13-25(26)33-2)14-23(22-12-11-20-8-6-7-9-21(20)16-22)24-17-27(34-3)29(35-4)30(36-5)28(24)31/h6-17H,18H2,1-5H3/b23-14-. The third kappa shape index (κ3) is 5.53. The van der Waals surface area contributed by atoms with E-state index >= 15 is 0 Å². The van der Waals surface area contributed by atoms with Crippen molar-refractivity contribution in [1.29, 1.82) is 0 Å². The van der Waals surface area contributed by atoms with Gasteiger partial charge in [0.1, 0.15) is 0 Å². The van der Waals surface area contributed by atoms with Gasteiger partial charge < -0.3 is 28.4 Å². The first-order valence-electron chi connectivity index (χ1n) is 11.5. The quantitative estimate of drug-likeness (QED) is 0.150.